The molecular formula is C16H26N2O2. The van der Waals surface area contributed by atoms with Crippen molar-refractivity contribution in [1.29, 1.82) is 0 Å². The lowest BCUT2D eigenvalue weighted by Crippen LogP contribution is -2.39. The molecule has 0 saturated heterocycles. The zero-order valence-corrected chi connectivity index (χ0v) is 12.9. The van der Waals surface area contributed by atoms with E-state index in [9.17, 15) is 4.79 Å². The highest BCUT2D eigenvalue weighted by molar-refractivity contribution is 5.94. The Labute approximate surface area is 121 Å². The molecule has 0 fully saturated rings. The van der Waals surface area contributed by atoms with E-state index in [0.29, 0.717) is 18.7 Å². The molecule has 1 amide bonds. The van der Waals surface area contributed by atoms with E-state index >= 15 is 0 Å². The van der Waals surface area contributed by atoms with Gasteiger partial charge in [0.1, 0.15) is 5.75 Å². The maximum atomic E-state index is 12.0. The van der Waals surface area contributed by atoms with Crippen LogP contribution in [0.5, 0.6) is 5.75 Å². The first-order chi connectivity index (χ1) is 9.31. The van der Waals surface area contributed by atoms with Gasteiger partial charge in [0.25, 0.3) is 5.91 Å². The summed E-state index contributed by atoms with van der Waals surface area (Å²) in [5.74, 6) is 0.672. The van der Waals surface area contributed by atoms with Crippen LogP contribution in [0.4, 0.5) is 0 Å². The van der Waals surface area contributed by atoms with E-state index in [1.165, 1.54) is 0 Å². The number of nitrogens with one attached hydrogen (secondary N) is 1. The van der Waals surface area contributed by atoms with Gasteiger partial charge in [0, 0.05) is 18.2 Å². The van der Waals surface area contributed by atoms with Crippen molar-refractivity contribution in [3.8, 4) is 5.75 Å². The molecule has 4 heteroatoms. The molecule has 3 N–H and O–H groups in total. The highest BCUT2D eigenvalue weighted by Gasteiger charge is 2.16. The lowest BCUT2D eigenvalue weighted by atomic mass is 9.88. The van der Waals surface area contributed by atoms with Gasteiger partial charge in [-0.1, -0.05) is 20.8 Å². The molecule has 1 aromatic rings. The number of benzene rings is 1. The summed E-state index contributed by atoms with van der Waals surface area (Å²) in [6.07, 6.45) is 0.872. The Bertz CT molecular complexity index is 421. The van der Waals surface area contributed by atoms with Gasteiger partial charge < -0.3 is 15.8 Å². The van der Waals surface area contributed by atoms with Crippen LogP contribution in [0.15, 0.2) is 24.3 Å². The monoisotopic (exact) mass is 278 g/mol. The van der Waals surface area contributed by atoms with Crippen molar-refractivity contribution in [3.63, 3.8) is 0 Å². The Morgan fingerprint density at radius 3 is 2.40 bits per heavy atom. The van der Waals surface area contributed by atoms with Crippen LogP contribution in [0.25, 0.3) is 0 Å². The molecule has 0 aromatic heterocycles. The van der Waals surface area contributed by atoms with Crippen molar-refractivity contribution in [2.45, 2.75) is 40.2 Å². The fraction of sp³-hybridized carbons (Fsp3) is 0.562. The number of ether oxygens (including phenoxy) is 1. The first-order valence-electron chi connectivity index (χ1n) is 7.08. The predicted molar refractivity (Wildman–Crippen MR) is 82.0 cm³/mol. The summed E-state index contributed by atoms with van der Waals surface area (Å²) in [5, 5.41) is 2.87. The smallest absolute Gasteiger partial charge is 0.251 e. The number of nitrogens with two attached hydrogens (primary N) is 1. The van der Waals surface area contributed by atoms with E-state index in [2.05, 4.69) is 26.1 Å². The maximum Gasteiger partial charge on any atom is 0.251 e. The van der Waals surface area contributed by atoms with Crippen molar-refractivity contribution < 1.29 is 9.53 Å². The number of hydrogen-bond donors (Lipinski definition) is 2. The van der Waals surface area contributed by atoms with Crippen LogP contribution < -0.4 is 15.8 Å². The molecule has 112 valence electrons. The Morgan fingerprint density at radius 2 is 1.90 bits per heavy atom. The van der Waals surface area contributed by atoms with Gasteiger partial charge in [0.2, 0.25) is 0 Å². The molecule has 1 unspecified atom stereocenters. The molecule has 0 bridgehead atoms. The fourth-order valence-corrected chi connectivity index (χ4v) is 2.05. The van der Waals surface area contributed by atoms with Gasteiger partial charge in [-0.05, 0) is 43.0 Å². The van der Waals surface area contributed by atoms with Gasteiger partial charge >= 0.3 is 0 Å². The molecule has 1 rings (SSSR count). The zero-order valence-electron chi connectivity index (χ0n) is 12.9. The summed E-state index contributed by atoms with van der Waals surface area (Å²) in [5.41, 5.74) is 6.81. The molecule has 0 spiro atoms. The molecule has 1 atom stereocenters. The molecule has 1 aromatic carbocycles. The van der Waals surface area contributed by atoms with Crippen LogP contribution in [0, 0.1) is 5.41 Å². The van der Waals surface area contributed by atoms with Gasteiger partial charge in [-0.3, -0.25) is 4.79 Å². The van der Waals surface area contributed by atoms with Crippen molar-refractivity contribution in [2.75, 3.05) is 13.2 Å². The Hall–Kier alpha value is -1.55. The molecule has 4 nitrogen and oxygen atoms in total. The van der Waals surface area contributed by atoms with Crippen molar-refractivity contribution in [1.82, 2.24) is 5.32 Å². The molecule has 20 heavy (non-hydrogen) atoms. The number of hydrogen-bond acceptors (Lipinski definition) is 3. The van der Waals surface area contributed by atoms with E-state index in [-0.39, 0.29) is 17.4 Å². The second-order valence-corrected chi connectivity index (χ2v) is 6.19. The normalized spacial score (nSPS) is 12.8. The van der Waals surface area contributed by atoms with Gasteiger partial charge in [-0.2, -0.15) is 0 Å². The van der Waals surface area contributed by atoms with E-state index in [1.807, 2.05) is 6.92 Å². The minimum Gasteiger partial charge on any atom is -0.494 e. The minimum absolute atomic E-state index is 0.0263. The third kappa shape index (κ3) is 6.06. The lowest BCUT2D eigenvalue weighted by molar-refractivity contribution is 0.0948. The molecule has 0 radical (unpaired) electrons. The largest absolute Gasteiger partial charge is 0.494 e. The highest BCUT2D eigenvalue weighted by atomic mass is 16.5. The fourth-order valence-electron chi connectivity index (χ4n) is 2.05. The summed E-state index contributed by atoms with van der Waals surface area (Å²) in [4.78, 5) is 12.0. The van der Waals surface area contributed by atoms with Crippen LogP contribution in [0.3, 0.4) is 0 Å². The summed E-state index contributed by atoms with van der Waals surface area (Å²) >= 11 is 0. The number of rotatable bonds is 6. The first kappa shape index (κ1) is 16.5. The van der Waals surface area contributed by atoms with Crippen molar-refractivity contribution in [2.24, 2.45) is 11.1 Å². The summed E-state index contributed by atoms with van der Waals surface area (Å²) in [7, 11) is 0. The number of carbonyl (C=O) groups excluding carboxylic acids is 1. The summed E-state index contributed by atoms with van der Waals surface area (Å²) < 4.78 is 5.34. The standard InChI is InChI=1S/C16H26N2O2/c1-5-20-14-8-6-12(7-9-14)15(19)18-11-13(17)10-16(2,3)4/h6-9,13H,5,10-11,17H2,1-4H3,(H,18,19). The third-order valence-corrected chi connectivity index (χ3v) is 2.83. The van der Waals surface area contributed by atoms with E-state index in [4.69, 9.17) is 10.5 Å². The second kappa shape index (κ2) is 7.29. The zero-order chi connectivity index (χ0) is 15.2. The van der Waals surface area contributed by atoms with E-state index < -0.39 is 0 Å². The van der Waals surface area contributed by atoms with Crippen LogP contribution in [0.1, 0.15) is 44.5 Å². The highest BCUT2D eigenvalue weighted by Crippen LogP contribution is 2.19. The van der Waals surface area contributed by atoms with Gasteiger partial charge in [0.05, 0.1) is 6.61 Å². The topological polar surface area (TPSA) is 64.3 Å². The second-order valence-electron chi connectivity index (χ2n) is 6.19. The molecule has 0 saturated carbocycles. The van der Waals surface area contributed by atoms with Crippen molar-refractivity contribution >= 4 is 5.91 Å². The predicted octanol–water partition coefficient (Wildman–Crippen LogP) is 2.58. The van der Waals surface area contributed by atoms with Crippen LogP contribution in [0.2, 0.25) is 0 Å². The quantitative estimate of drug-likeness (QED) is 0.840. The molecule has 0 heterocycles. The summed E-state index contributed by atoms with van der Waals surface area (Å²) in [6, 6.07) is 7.09. The Morgan fingerprint density at radius 1 is 1.30 bits per heavy atom. The minimum atomic E-state index is -0.0996. The average Bonchev–Trinajstić information content (AvgIpc) is 2.35. The number of carbonyl (C=O) groups is 1. The number of amides is 1. The van der Waals surface area contributed by atoms with E-state index in [0.717, 1.165) is 12.2 Å². The van der Waals surface area contributed by atoms with Crippen molar-refractivity contribution in [3.05, 3.63) is 29.8 Å². The summed E-state index contributed by atoms with van der Waals surface area (Å²) in [6.45, 7) is 9.46. The van der Waals surface area contributed by atoms with Gasteiger partial charge in [0.15, 0.2) is 0 Å². The molecular weight excluding hydrogens is 252 g/mol. The van der Waals surface area contributed by atoms with Crippen LogP contribution >= 0.6 is 0 Å². The molecule has 0 aliphatic heterocycles. The Balaban J connectivity index is 2.46. The van der Waals surface area contributed by atoms with E-state index in [1.54, 1.807) is 24.3 Å². The Kier molecular flexibility index (Phi) is 6.02. The third-order valence-electron chi connectivity index (χ3n) is 2.83. The molecule has 0 aliphatic rings. The lowest BCUT2D eigenvalue weighted by Gasteiger charge is -2.23. The van der Waals surface area contributed by atoms with Crippen LogP contribution in [-0.4, -0.2) is 25.1 Å². The van der Waals surface area contributed by atoms with Crippen LogP contribution in [-0.2, 0) is 0 Å². The SMILES string of the molecule is CCOc1ccc(C(=O)NCC(N)CC(C)(C)C)cc1. The first-order valence-corrected chi connectivity index (χ1v) is 7.08. The van der Waals surface area contributed by atoms with Gasteiger partial charge in [-0.15, -0.1) is 0 Å². The average molecular weight is 278 g/mol. The van der Waals surface area contributed by atoms with Gasteiger partial charge in [-0.25, -0.2) is 0 Å². The molecule has 0 aliphatic carbocycles. The maximum absolute atomic E-state index is 12.0.